The average molecular weight is 272 g/mol. The van der Waals surface area contributed by atoms with E-state index in [9.17, 15) is 5.11 Å². The van der Waals surface area contributed by atoms with Gasteiger partial charge in [-0.3, -0.25) is 0 Å². The lowest BCUT2D eigenvalue weighted by atomic mass is 9.98. The Labute approximate surface area is 119 Å². The summed E-state index contributed by atoms with van der Waals surface area (Å²) in [6.45, 7) is 2.13. The molecule has 1 N–H and O–H groups in total. The van der Waals surface area contributed by atoms with Crippen molar-refractivity contribution in [2.45, 2.75) is 12.8 Å². The molecule has 1 saturated heterocycles. The molecule has 1 unspecified atom stereocenters. The summed E-state index contributed by atoms with van der Waals surface area (Å²) in [5.74, 6) is 2.23. The molecule has 4 nitrogen and oxygen atoms in total. The Balaban J connectivity index is 2.03. The van der Waals surface area contributed by atoms with Gasteiger partial charge in [0.15, 0.2) is 0 Å². The largest absolute Gasteiger partial charge is 0.496 e. The Kier molecular flexibility index (Phi) is 3.74. The molecule has 1 aliphatic heterocycles. The van der Waals surface area contributed by atoms with Gasteiger partial charge in [-0.1, -0.05) is 12.1 Å². The first-order valence-electron chi connectivity index (χ1n) is 7.11. The number of anilines is 1. The number of aliphatic hydroxyl groups excluding tert-OH is 1. The number of hydrogen-bond donors (Lipinski definition) is 1. The van der Waals surface area contributed by atoms with Crippen molar-refractivity contribution in [2.24, 2.45) is 5.92 Å². The van der Waals surface area contributed by atoms with E-state index in [0.717, 1.165) is 48.3 Å². The van der Waals surface area contributed by atoms with Crippen molar-refractivity contribution in [2.75, 3.05) is 31.7 Å². The minimum absolute atomic E-state index is 0.255. The molecule has 0 spiro atoms. The van der Waals surface area contributed by atoms with Crippen LogP contribution in [0.25, 0.3) is 10.8 Å². The fourth-order valence-corrected chi connectivity index (χ4v) is 3.00. The minimum atomic E-state index is 0.255. The van der Waals surface area contributed by atoms with Crippen LogP contribution in [0.2, 0.25) is 0 Å². The Morgan fingerprint density at radius 2 is 2.25 bits per heavy atom. The molecular weight excluding hydrogens is 252 g/mol. The third-order valence-corrected chi connectivity index (χ3v) is 4.04. The van der Waals surface area contributed by atoms with Crippen LogP contribution in [-0.4, -0.2) is 36.9 Å². The molecule has 2 aromatic rings. The second-order valence-electron chi connectivity index (χ2n) is 5.33. The normalized spacial score (nSPS) is 19.3. The first kappa shape index (κ1) is 13.2. The summed E-state index contributed by atoms with van der Waals surface area (Å²) in [6, 6.07) is 8.05. The maximum Gasteiger partial charge on any atom is 0.136 e. The van der Waals surface area contributed by atoms with Crippen molar-refractivity contribution in [3.8, 4) is 5.75 Å². The van der Waals surface area contributed by atoms with E-state index in [1.54, 1.807) is 7.11 Å². The van der Waals surface area contributed by atoms with Gasteiger partial charge in [0.25, 0.3) is 0 Å². The highest BCUT2D eigenvalue weighted by atomic mass is 16.5. The van der Waals surface area contributed by atoms with Crippen LogP contribution in [0.4, 0.5) is 5.82 Å². The van der Waals surface area contributed by atoms with Gasteiger partial charge >= 0.3 is 0 Å². The average Bonchev–Trinajstić information content (AvgIpc) is 2.53. The molecule has 1 fully saturated rings. The van der Waals surface area contributed by atoms with Crippen LogP contribution in [0.15, 0.2) is 30.5 Å². The Morgan fingerprint density at radius 3 is 3.05 bits per heavy atom. The van der Waals surface area contributed by atoms with E-state index in [-0.39, 0.29) is 6.61 Å². The third-order valence-electron chi connectivity index (χ3n) is 4.04. The number of benzene rings is 1. The van der Waals surface area contributed by atoms with Crippen LogP contribution < -0.4 is 9.64 Å². The lowest BCUT2D eigenvalue weighted by Crippen LogP contribution is -2.37. The highest BCUT2D eigenvalue weighted by Gasteiger charge is 2.21. The summed E-state index contributed by atoms with van der Waals surface area (Å²) in [5, 5.41) is 11.6. The third kappa shape index (κ3) is 2.31. The zero-order valence-electron chi connectivity index (χ0n) is 11.7. The molecule has 20 heavy (non-hydrogen) atoms. The second-order valence-corrected chi connectivity index (χ2v) is 5.33. The van der Waals surface area contributed by atoms with Crippen LogP contribution in [0.1, 0.15) is 12.8 Å². The Morgan fingerprint density at radius 1 is 1.35 bits per heavy atom. The molecule has 0 amide bonds. The van der Waals surface area contributed by atoms with Gasteiger partial charge in [0, 0.05) is 36.7 Å². The van der Waals surface area contributed by atoms with Gasteiger partial charge < -0.3 is 14.7 Å². The number of aromatic nitrogens is 1. The lowest BCUT2D eigenvalue weighted by Gasteiger charge is -2.33. The number of piperidine rings is 1. The highest BCUT2D eigenvalue weighted by Crippen LogP contribution is 2.32. The van der Waals surface area contributed by atoms with E-state index >= 15 is 0 Å². The van der Waals surface area contributed by atoms with E-state index in [2.05, 4.69) is 16.0 Å². The molecule has 0 radical (unpaired) electrons. The second kappa shape index (κ2) is 5.67. The number of methoxy groups -OCH3 is 1. The quantitative estimate of drug-likeness (QED) is 0.932. The number of fused-ring (bicyclic) bond motifs is 1. The zero-order valence-corrected chi connectivity index (χ0v) is 11.7. The molecule has 1 aromatic heterocycles. The molecule has 0 aliphatic carbocycles. The summed E-state index contributed by atoms with van der Waals surface area (Å²) in [4.78, 5) is 6.85. The predicted molar refractivity (Wildman–Crippen MR) is 80.3 cm³/mol. The molecule has 0 bridgehead atoms. The highest BCUT2D eigenvalue weighted by molar-refractivity contribution is 5.96. The molecular formula is C16H20N2O2. The number of pyridine rings is 1. The van der Waals surface area contributed by atoms with Crippen molar-refractivity contribution in [1.82, 2.24) is 4.98 Å². The molecule has 2 heterocycles. The van der Waals surface area contributed by atoms with Crippen molar-refractivity contribution in [1.29, 1.82) is 0 Å². The minimum Gasteiger partial charge on any atom is -0.496 e. The van der Waals surface area contributed by atoms with Gasteiger partial charge in [0.05, 0.1) is 7.11 Å². The van der Waals surface area contributed by atoms with E-state index in [0.29, 0.717) is 5.92 Å². The molecule has 1 aromatic carbocycles. The van der Waals surface area contributed by atoms with Crippen molar-refractivity contribution >= 4 is 16.6 Å². The van der Waals surface area contributed by atoms with Crippen molar-refractivity contribution < 1.29 is 9.84 Å². The summed E-state index contributed by atoms with van der Waals surface area (Å²) in [7, 11) is 1.69. The van der Waals surface area contributed by atoms with E-state index < -0.39 is 0 Å². The number of nitrogens with zero attached hydrogens (tertiary/aromatic N) is 2. The van der Waals surface area contributed by atoms with Crippen molar-refractivity contribution in [3.63, 3.8) is 0 Å². The van der Waals surface area contributed by atoms with Gasteiger partial charge in [-0.15, -0.1) is 0 Å². The van der Waals surface area contributed by atoms with E-state index in [4.69, 9.17) is 4.74 Å². The fourth-order valence-electron chi connectivity index (χ4n) is 3.00. The number of ether oxygens (including phenoxy) is 1. The van der Waals surface area contributed by atoms with Gasteiger partial charge in [0.2, 0.25) is 0 Å². The van der Waals surface area contributed by atoms with Crippen molar-refractivity contribution in [3.05, 3.63) is 30.5 Å². The first-order valence-corrected chi connectivity index (χ1v) is 7.11. The van der Waals surface area contributed by atoms with Gasteiger partial charge in [-0.05, 0) is 30.9 Å². The Hall–Kier alpha value is -1.81. The zero-order chi connectivity index (χ0) is 13.9. The number of rotatable bonds is 3. The molecule has 4 heteroatoms. The van der Waals surface area contributed by atoms with Gasteiger partial charge in [-0.2, -0.15) is 0 Å². The topological polar surface area (TPSA) is 45.6 Å². The molecule has 1 atom stereocenters. The summed E-state index contributed by atoms with van der Waals surface area (Å²) >= 11 is 0. The SMILES string of the molecule is COc1cccc2c(N3CCCC(CO)C3)nccc12. The number of hydrogen-bond acceptors (Lipinski definition) is 4. The summed E-state index contributed by atoms with van der Waals surface area (Å²) < 4.78 is 5.43. The molecule has 106 valence electrons. The molecule has 3 rings (SSSR count). The number of aliphatic hydroxyl groups is 1. The molecule has 0 saturated carbocycles. The molecule has 1 aliphatic rings. The first-order chi connectivity index (χ1) is 9.83. The van der Waals surface area contributed by atoms with Crippen LogP contribution in [0.3, 0.4) is 0 Å². The van der Waals surface area contributed by atoms with Crippen LogP contribution in [-0.2, 0) is 0 Å². The van der Waals surface area contributed by atoms with Crippen LogP contribution >= 0.6 is 0 Å². The standard InChI is InChI=1S/C16H20N2O2/c1-20-15-6-2-5-14-13(15)7-8-17-16(14)18-9-3-4-12(10-18)11-19/h2,5-8,12,19H,3-4,9-11H2,1H3. The summed E-state index contributed by atoms with van der Waals surface area (Å²) in [6.07, 6.45) is 4.04. The maximum atomic E-state index is 9.38. The van der Waals surface area contributed by atoms with Crippen LogP contribution in [0, 0.1) is 5.92 Å². The fraction of sp³-hybridized carbons (Fsp3) is 0.438. The lowest BCUT2D eigenvalue weighted by molar-refractivity contribution is 0.208. The Bertz CT molecular complexity index is 600. The smallest absolute Gasteiger partial charge is 0.136 e. The van der Waals surface area contributed by atoms with Crippen LogP contribution in [0.5, 0.6) is 5.75 Å². The van der Waals surface area contributed by atoms with Gasteiger partial charge in [-0.25, -0.2) is 4.98 Å². The van der Waals surface area contributed by atoms with E-state index in [1.807, 2.05) is 24.4 Å². The summed E-state index contributed by atoms with van der Waals surface area (Å²) in [5.41, 5.74) is 0. The monoisotopic (exact) mass is 272 g/mol. The van der Waals surface area contributed by atoms with Gasteiger partial charge in [0.1, 0.15) is 11.6 Å². The predicted octanol–water partition coefficient (Wildman–Crippen LogP) is 2.45. The maximum absolute atomic E-state index is 9.38. The van der Waals surface area contributed by atoms with E-state index in [1.165, 1.54) is 0 Å².